The zero-order valence-electron chi connectivity index (χ0n) is 16.6. The van der Waals surface area contributed by atoms with Crippen LogP contribution >= 0.6 is 0 Å². The molecule has 0 radical (unpaired) electrons. The molecule has 2 aliphatic rings. The van der Waals surface area contributed by atoms with Crippen molar-refractivity contribution in [2.75, 3.05) is 36.5 Å². The molecular formula is C23H29N3O2. The van der Waals surface area contributed by atoms with E-state index in [9.17, 15) is 4.79 Å². The molecule has 0 atom stereocenters. The van der Waals surface area contributed by atoms with Gasteiger partial charge in [0, 0.05) is 31.4 Å². The van der Waals surface area contributed by atoms with Gasteiger partial charge >= 0.3 is 6.03 Å². The number of carbonyl (C=O) groups is 1. The number of hydrogen-bond acceptors (Lipinski definition) is 3. The average Bonchev–Trinajstić information content (AvgIpc) is 2.97. The third kappa shape index (κ3) is 3.93. The monoisotopic (exact) mass is 379 g/mol. The molecule has 2 aromatic carbocycles. The average molecular weight is 380 g/mol. The van der Waals surface area contributed by atoms with E-state index < -0.39 is 0 Å². The van der Waals surface area contributed by atoms with Gasteiger partial charge in [0.15, 0.2) is 0 Å². The molecule has 0 unspecified atom stereocenters. The number of urea groups is 1. The van der Waals surface area contributed by atoms with Crippen molar-refractivity contribution >= 4 is 17.4 Å². The number of nitrogens with zero attached hydrogens (tertiary/aromatic N) is 2. The number of fused-ring (bicyclic) bond motifs is 1. The largest absolute Gasteiger partial charge is 0.495 e. The molecule has 2 amide bonds. The molecule has 2 aliphatic heterocycles. The lowest BCUT2D eigenvalue weighted by molar-refractivity contribution is 0.240. The number of nitrogens with one attached hydrogen (secondary N) is 1. The van der Waals surface area contributed by atoms with Gasteiger partial charge in [-0.15, -0.1) is 0 Å². The van der Waals surface area contributed by atoms with Crippen molar-refractivity contribution in [2.45, 2.75) is 38.1 Å². The highest BCUT2D eigenvalue weighted by Crippen LogP contribution is 2.30. The van der Waals surface area contributed by atoms with Crippen LogP contribution in [-0.4, -0.2) is 38.8 Å². The highest BCUT2D eigenvalue weighted by atomic mass is 16.5. The van der Waals surface area contributed by atoms with Gasteiger partial charge in [-0.25, -0.2) is 4.79 Å². The number of hydrogen-bond donors (Lipinski definition) is 1. The minimum absolute atomic E-state index is 0.0464. The number of para-hydroxylation sites is 3. The van der Waals surface area contributed by atoms with Crippen LogP contribution in [0.25, 0.3) is 0 Å². The van der Waals surface area contributed by atoms with Crippen molar-refractivity contribution < 1.29 is 9.53 Å². The van der Waals surface area contributed by atoms with Gasteiger partial charge in [0.25, 0.3) is 0 Å². The molecule has 1 N–H and O–H groups in total. The number of aryl methyl sites for hydroxylation is 1. The van der Waals surface area contributed by atoms with Crippen LogP contribution in [0.4, 0.5) is 16.2 Å². The molecule has 2 aromatic rings. The number of carbonyl (C=O) groups excluding carboxylic acids is 1. The maximum absolute atomic E-state index is 13.0. The predicted octanol–water partition coefficient (Wildman–Crippen LogP) is 4.22. The van der Waals surface area contributed by atoms with Crippen molar-refractivity contribution in [3.63, 3.8) is 0 Å². The molecular weight excluding hydrogens is 350 g/mol. The maximum atomic E-state index is 13.0. The molecule has 0 saturated carbocycles. The van der Waals surface area contributed by atoms with E-state index >= 15 is 0 Å². The van der Waals surface area contributed by atoms with Crippen LogP contribution < -0.4 is 19.9 Å². The van der Waals surface area contributed by atoms with Gasteiger partial charge < -0.3 is 15.0 Å². The number of piperidine rings is 1. The topological polar surface area (TPSA) is 44.8 Å². The second-order valence-corrected chi connectivity index (χ2v) is 7.62. The van der Waals surface area contributed by atoms with E-state index in [0.29, 0.717) is 0 Å². The van der Waals surface area contributed by atoms with Crippen LogP contribution in [0.5, 0.6) is 5.75 Å². The summed E-state index contributed by atoms with van der Waals surface area (Å²) in [6.07, 6.45) is 5.13. The number of anilines is 2. The Morgan fingerprint density at radius 3 is 2.46 bits per heavy atom. The molecule has 1 saturated heterocycles. The summed E-state index contributed by atoms with van der Waals surface area (Å²) in [6, 6.07) is 16.7. The maximum Gasteiger partial charge on any atom is 0.322 e. The first-order chi connectivity index (χ1) is 13.8. The molecule has 5 heteroatoms. The Labute approximate surface area is 167 Å². The predicted molar refractivity (Wildman–Crippen MR) is 113 cm³/mol. The van der Waals surface area contributed by atoms with Gasteiger partial charge in [-0.05, 0) is 55.9 Å². The fourth-order valence-electron chi connectivity index (χ4n) is 4.31. The van der Waals surface area contributed by atoms with E-state index in [1.54, 1.807) is 7.11 Å². The Hall–Kier alpha value is -2.69. The lowest BCUT2D eigenvalue weighted by Crippen LogP contribution is -2.49. The summed E-state index contributed by atoms with van der Waals surface area (Å²) >= 11 is 0. The second-order valence-electron chi connectivity index (χ2n) is 7.62. The summed E-state index contributed by atoms with van der Waals surface area (Å²) in [4.78, 5) is 17.3. The first-order valence-corrected chi connectivity index (χ1v) is 10.3. The number of amides is 2. The van der Waals surface area contributed by atoms with Gasteiger partial charge in [0.1, 0.15) is 5.75 Å². The highest BCUT2D eigenvalue weighted by molar-refractivity contribution is 5.93. The number of rotatable bonds is 3. The standard InChI is InChI=1S/C23H29N3O2/c1-28-22-12-5-4-11-21(22)25-16-13-19(14-17-25)24-23(27)26-15-7-6-9-18-8-2-3-10-20(18)26/h2-5,8,10-12,19H,6-7,9,13-17H2,1H3,(H,24,27). The molecule has 0 spiro atoms. The summed E-state index contributed by atoms with van der Waals surface area (Å²) in [5, 5.41) is 3.29. The summed E-state index contributed by atoms with van der Waals surface area (Å²) in [5.41, 5.74) is 3.49. The van der Waals surface area contributed by atoms with Crippen molar-refractivity contribution in [2.24, 2.45) is 0 Å². The van der Waals surface area contributed by atoms with Crippen molar-refractivity contribution in [1.29, 1.82) is 0 Å². The first-order valence-electron chi connectivity index (χ1n) is 10.3. The van der Waals surface area contributed by atoms with E-state index in [4.69, 9.17) is 4.74 Å². The van der Waals surface area contributed by atoms with E-state index in [-0.39, 0.29) is 12.1 Å². The Morgan fingerprint density at radius 1 is 0.964 bits per heavy atom. The third-order valence-corrected chi connectivity index (χ3v) is 5.85. The van der Waals surface area contributed by atoms with Crippen LogP contribution in [0.15, 0.2) is 48.5 Å². The summed E-state index contributed by atoms with van der Waals surface area (Å²) in [5.74, 6) is 0.908. The normalized spacial score (nSPS) is 17.6. The molecule has 5 nitrogen and oxygen atoms in total. The molecule has 2 heterocycles. The number of benzene rings is 2. The lowest BCUT2D eigenvalue weighted by atomic mass is 10.0. The quantitative estimate of drug-likeness (QED) is 0.869. The Kier molecular flexibility index (Phi) is 5.70. The number of ether oxygens (including phenoxy) is 1. The Balaban J connectivity index is 1.38. The number of methoxy groups -OCH3 is 1. The first kappa shape index (κ1) is 18.7. The van der Waals surface area contributed by atoms with Crippen molar-refractivity contribution in [3.8, 4) is 5.75 Å². The Bertz CT molecular complexity index is 815. The molecule has 0 bridgehead atoms. The molecule has 0 aliphatic carbocycles. The Morgan fingerprint density at radius 2 is 1.68 bits per heavy atom. The van der Waals surface area contributed by atoms with Crippen LogP contribution in [0.3, 0.4) is 0 Å². The molecule has 1 fully saturated rings. The zero-order chi connectivity index (χ0) is 19.3. The van der Waals surface area contributed by atoms with Crippen LogP contribution in [0, 0.1) is 0 Å². The lowest BCUT2D eigenvalue weighted by Gasteiger charge is -2.35. The van der Waals surface area contributed by atoms with Crippen LogP contribution in [0.2, 0.25) is 0 Å². The fraction of sp³-hybridized carbons (Fsp3) is 0.435. The van der Waals surface area contributed by atoms with Gasteiger partial charge in [-0.3, -0.25) is 4.90 Å². The van der Waals surface area contributed by atoms with E-state index in [1.807, 2.05) is 29.2 Å². The SMILES string of the molecule is COc1ccccc1N1CCC(NC(=O)N2CCCCc3ccccc32)CC1. The van der Waals surface area contributed by atoms with Crippen molar-refractivity contribution in [3.05, 3.63) is 54.1 Å². The minimum atomic E-state index is 0.0464. The summed E-state index contributed by atoms with van der Waals surface area (Å²) in [7, 11) is 1.71. The van der Waals surface area contributed by atoms with Gasteiger partial charge in [-0.2, -0.15) is 0 Å². The van der Waals surface area contributed by atoms with Crippen LogP contribution in [-0.2, 0) is 6.42 Å². The van der Waals surface area contributed by atoms with Gasteiger partial charge in [0.05, 0.1) is 12.8 Å². The van der Waals surface area contributed by atoms with E-state index in [0.717, 1.165) is 68.9 Å². The molecule has 28 heavy (non-hydrogen) atoms. The van der Waals surface area contributed by atoms with E-state index in [2.05, 4.69) is 34.5 Å². The third-order valence-electron chi connectivity index (χ3n) is 5.85. The molecule has 148 valence electrons. The summed E-state index contributed by atoms with van der Waals surface area (Å²) in [6.45, 7) is 2.63. The van der Waals surface area contributed by atoms with E-state index in [1.165, 1.54) is 5.56 Å². The highest BCUT2D eigenvalue weighted by Gasteiger charge is 2.26. The van der Waals surface area contributed by atoms with Gasteiger partial charge in [0.2, 0.25) is 0 Å². The minimum Gasteiger partial charge on any atom is -0.495 e. The zero-order valence-corrected chi connectivity index (χ0v) is 16.6. The molecule has 4 rings (SSSR count). The fourth-order valence-corrected chi connectivity index (χ4v) is 4.31. The second kappa shape index (κ2) is 8.55. The van der Waals surface area contributed by atoms with Crippen molar-refractivity contribution in [1.82, 2.24) is 5.32 Å². The summed E-state index contributed by atoms with van der Waals surface area (Å²) < 4.78 is 5.50. The van der Waals surface area contributed by atoms with Crippen LogP contribution in [0.1, 0.15) is 31.2 Å². The van der Waals surface area contributed by atoms with Gasteiger partial charge in [-0.1, -0.05) is 30.3 Å². The molecule has 0 aromatic heterocycles. The smallest absolute Gasteiger partial charge is 0.322 e.